The van der Waals surface area contributed by atoms with Gasteiger partial charge in [0.1, 0.15) is 5.75 Å². The SMILES string of the molecule is O=S(O)Oc1ccc(N2CCCCC2)cc1. The van der Waals surface area contributed by atoms with Crippen LogP contribution < -0.4 is 9.08 Å². The highest BCUT2D eigenvalue weighted by molar-refractivity contribution is 7.74. The number of anilines is 1. The molecule has 1 fully saturated rings. The summed E-state index contributed by atoms with van der Waals surface area (Å²) in [6, 6.07) is 7.29. The van der Waals surface area contributed by atoms with Crippen molar-refractivity contribution in [3.8, 4) is 5.75 Å². The second-order valence-corrected chi connectivity index (χ2v) is 4.44. The molecule has 2 rings (SSSR count). The van der Waals surface area contributed by atoms with Crippen LogP contribution in [0.15, 0.2) is 24.3 Å². The van der Waals surface area contributed by atoms with Crippen LogP contribution in [0.2, 0.25) is 0 Å². The molecule has 1 heterocycles. The molecule has 1 unspecified atom stereocenters. The molecule has 0 spiro atoms. The fourth-order valence-corrected chi connectivity index (χ4v) is 2.22. The predicted octanol–water partition coefficient (Wildman–Crippen LogP) is 2.19. The monoisotopic (exact) mass is 241 g/mol. The predicted molar refractivity (Wildman–Crippen MR) is 63.9 cm³/mol. The van der Waals surface area contributed by atoms with Gasteiger partial charge in [-0.15, -0.1) is 0 Å². The lowest BCUT2D eigenvalue weighted by Gasteiger charge is -2.28. The van der Waals surface area contributed by atoms with Crippen molar-refractivity contribution in [1.82, 2.24) is 0 Å². The van der Waals surface area contributed by atoms with Gasteiger partial charge in [0, 0.05) is 18.8 Å². The Hall–Kier alpha value is -1.07. The maximum Gasteiger partial charge on any atom is 0.357 e. The molecule has 0 bridgehead atoms. The summed E-state index contributed by atoms with van der Waals surface area (Å²) in [5.74, 6) is 0.418. The molecule has 4 nitrogen and oxygen atoms in total. The first kappa shape index (κ1) is 11.4. The lowest BCUT2D eigenvalue weighted by atomic mass is 10.1. The summed E-state index contributed by atoms with van der Waals surface area (Å²) < 4.78 is 23.7. The number of piperidine rings is 1. The first-order valence-corrected chi connectivity index (χ1v) is 6.43. The summed E-state index contributed by atoms with van der Waals surface area (Å²) in [5, 5.41) is 0. The molecule has 88 valence electrons. The molecule has 1 aromatic rings. The Labute approximate surface area is 97.7 Å². The third-order valence-corrected chi connectivity index (χ3v) is 3.06. The van der Waals surface area contributed by atoms with E-state index in [0.717, 1.165) is 18.8 Å². The smallest absolute Gasteiger partial charge is 0.357 e. The van der Waals surface area contributed by atoms with Crippen molar-refractivity contribution in [2.75, 3.05) is 18.0 Å². The van der Waals surface area contributed by atoms with E-state index in [1.807, 2.05) is 12.1 Å². The van der Waals surface area contributed by atoms with Gasteiger partial charge < -0.3 is 9.08 Å². The van der Waals surface area contributed by atoms with E-state index in [-0.39, 0.29) is 0 Å². The van der Waals surface area contributed by atoms with E-state index < -0.39 is 11.4 Å². The summed E-state index contributed by atoms with van der Waals surface area (Å²) >= 11 is -2.24. The normalized spacial score (nSPS) is 18.2. The Morgan fingerprint density at radius 1 is 1.12 bits per heavy atom. The van der Waals surface area contributed by atoms with Crippen LogP contribution in [0.3, 0.4) is 0 Å². The Morgan fingerprint density at radius 3 is 2.31 bits per heavy atom. The fourth-order valence-electron chi connectivity index (χ4n) is 1.95. The van der Waals surface area contributed by atoms with E-state index in [1.54, 1.807) is 12.1 Å². The van der Waals surface area contributed by atoms with Crippen molar-refractivity contribution in [1.29, 1.82) is 0 Å². The van der Waals surface area contributed by atoms with E-state index >= 15 is 0 Å². The Bertz CT molecular complexity index is 360. The van der Waals surface area contributed by atoms with Crippen LogP contribution in [-0.4, -0.2) is 21.9 Å². The highest BCUT2D eigenvalue weighted by Gasteiger charge is 2.10. The average Bonchev–Trinajstić information content (AvgIpc) is 2.30. The minimum absolute atomic E-state index is 0.418. The Morgan fingerprint density at radius 2 is 1.75 bits per heavy atom. The van der Waals surface area contributed by atoms with Crippen molar-refractivity contribution >= 4 is 17.0 Å². The topological polar surface area (TPSA) is 49.8 Å². The van der Waals surface area contributed by atoms with E-state index in [2.05, 4.69) is 9.08 Å². The lowest BCUT2D eigenvalue weighted by Crippen LogP contribution is -2.29. The number of benzene rings is 1. The molecule has 1 N–H and O–H groups in total. The van der Waals surface area contributed by atoms with Crippen molar-refractivity contribution in [2.45, 2.75) is 19.3 Å². The third kappa shape index (κ3) is 2.96. The molecule has 0 amide bonds. The Kier molecular flexibility index (Phi) is 3.79. The van der Waals surface area contributed by atoms with Crippen LogP contribution >= 0.6 is 0 Å². The number of nitrogens with zero attached hydrogens (tertiary/aromatic N) is 1. The summed E-state index contributed by atoms with van der Waals surface area (Å²) in [6.07, 6.45) is 3.78. The van der Waals surface area contributed by atoms with Crippen LogP contribution in [0.4, 0.5) is 5.69 Å². The maximum atomic E-state index is 10.4. The van der Waals surface area contributed by atoms with Gasteiger partial charge >= 0.3 is 11.4 Å². The maximum absolute atomic E-state index is 10.4. The van der Waals surface area contributed by atoms with Crippen LogP contribution in [0, 0.1) is 0 Å². The zero-order valence-electron chi connectivity index (χ0n) is 8.96. The molecule has 16 heavy (non-hydrogen) atoms. The van der Waals surface area contributed by atoms with E-state index in [4.69, 9.17) is 4.55 Å². The molecule has 0 radical (unpaired) electrons. The molecular formula is C11H15NO3S. The molecule has 0 saturated carbocycles. The molecule has 0 aromatic heterocycles. The molecule has 5 heteroatoms. The summed E-state index contributed by atoms with van der Waals surface area (Å²) in [4.78, 5) is 2.32. The number of hydrogen-bond acceptors (Lipinski definition) is 3. The fraction of sp³-hybridized carbons (Fsp3) is 0.455. The second-order valence-electron chi connectivity index (χ2n) is 3.84. The van der Waals surface area contributed by atoms with E-state index in [1.165, 1.54) is 19.3 Å². The first-order chi connectivity index (χ1) is 7.75. The third-order valence-electron chi connectivity index (χ3n) is 2.73. The van der Waals surface area contributed by atoms with Gasteiger partial charge in [-0.05, 0) is 43.5 Å². The number of rotatable bonds is 3. The Balaban J connectivity index is 2.03. The van der Waals surface area contributed by atoms with Gasteiger partial charge in [0.15, 0.2) is 0 Å². The van der Waals surface area contributed by atoms with Crippen LogP contribution in [0.25, 0.3) is 0 Å². The number of hydrogen-bond donors (Lipinski definition) is 1. The molecule has 1 saturated heterocycles. The molecule has 1 aliphatic heterocycles. The van der Waals surface area contributed by atoms with Crippen molar-refractivity contribution in [3.63, 3.8) is 0 Å². The molecule has 1 atom stereocenters. The van der Waals surface area contributed by atoms with Gasteiger partial charge in [0.2, 0.25) is 0 Å². The van der Waals surface area contributed by atoms with Gasteiger partial charge in [-0.2, -0.15) is 4.21 Å². The van der Waals surface area contributed by atoms with Crippen molar-refractivity contribution < 1.29 is 12.9 Å². The minimum Gasteiger partial charge on any atom is -0.380 e. The standard InChI is InChI=1S/C11H15NO3S/c13-16(14)15-11-6-4-10(5-7-11)12-8-2-1-3-9-12/h4-7H,1-3,8-9H2,(H,13,14). The zero-order valence-corrected chi connectivity index (χ0v) is 9.78. The van der Waals surface area contributed by atoms with Crippen molar-refractivity contribution in [2.24, 2.45) is 0 Å². The largest absolute Gasteiger partial charge is 0.380 e. The molecule has 1 aliphatic rings. The van der Waals surface area contributed by atoms with Crippen LogP contribution in [-0.2, 0) is 11.4 Å². The molecule has 0 aliphatic carbocycles. The summed E-state index contributed by atoms with van der Waals surface area (Å²) in [5.41, 5.74) is 1.15. The minimum atomic E-state index is -2.24. The van der Waals surface area contributed by atoms with Gasteiger partial charge in [0.25, 0.3) is 0 Å². The van der Waals surface area contributed by atoms with Gasteiger partial charge in [0.05, 0.1) is 0 Å². The molecule has 1 aromatic carbocycles. The van der Waals surface area contributed by atoms with Crippen LogP contribution in [0.1, 0.15) is 19.3 Å². The average molecular weight is 241 g/mol. The van der Waals surface area contributed by atoms with E-state index in [9.17, 15) is 4.21 Å². The lowest BCUT2D eigenvalue weighted by molar-refractivity contribution is 0.458. The highest BCUT2D eigenvalue weighted by atomic mass is 32.2. The zero-order chi connectivity index (χ0) is 11.4. The van der Waals surface area contributed by atoms with Gasteiger partial charge in [-0.25, -0.2) is 0 Å². The van der Waals surface area contributed by atoms with Gasteiger partial charge in [-0.3, -0.25) is 4.55 Å². The summed E-state index contributed by atoms with van der Waals surface area (Å²) in [6.45, 7) is 2.18. The second kappa shape index (κ2) is 5.32. The quantitative estimate of drug-likeness (QED) is 0.824. The van der Waals surface area contributed by atoms with Crippen LogP contribution in [0.5, 0.6) is 5.75 Å². The van der Waals surface area contributed by atoms with Crippen molar-refractivity contribution in [3.05, 3.63) is 24.3 Å². The molecular weight excluding hydrogens is 226 g/mol. The summed E-state index contributed by atoms with van der Waals surface area (Å²) in [7, 11) is 0. The van der Waals surface area contributed by atoms with E-state index in [0.29, 0.717) is 5.75 Å². The highest BCUT2D eigenvalue weighted by Crippen LogP contribution is 2.22. The van der Waals surface area contributed by atoms with Gasteiger partial charge in [-0.1, -0.05) is 0 Å². The first-order valence-electron chi connectivity index (χ1n) is 5.40.